The van der Waals surface area contributed by atoms with Crippen LogP contribution < -0.4 is 16.6 Å². The van der Waals surface area contributed by atoms with Crippen LogP contribution in [0.2, 0.25) is 0 Å². The molecule has 8 heteroatoms. The normalized spacial score (nSPS) is 19.1. The third-order valence-electron chi connectivity index (χ3n) is 4.89. The van der Waals surface area contributed by atoms with Crippen LogP contribution >= 0.6 is 0 Å². The van der Waals surface area contributed by atoms with E-state index in [0.29, 0.717) is 17.8 Å². The Hall–Kier alpha value is -3.41. The van der Waals surface area contributed by atoms with Crippen molar-refractivity contribution in [1.82, 2.24) is 20.8 Å². The van der Waals surface area contributed by atoms with E-state index in [1.807, 2.05) is 36.5 Å². The largest absolute Gasteiger partial charge is 0.468 e. The smallest absolute Gasteiger partial charge is 0.324 e. The van der Waals surface area contributed by atoms with Crippen molar-refractivity contribution in [2.24, 2.45) is 0 Å². The van der Waals surface area contributed by atoms with Gasteiger partial charge >= 0.3 is 5.97 Å². The van der Waals surface area contributed by atoms with Crippen molar-refractivity contribution in [3.05, 3.63) is 47.7 Å². The van der Waals surface area contributed by atoms with Gasteiger partial charge in [0.2, 0.25) is 0 Å². The molecule has 27 heavy (non-hydrogen) atoms. The number of fused-ring (bicyclic) bond motifs is 1. The third kappa shape index (κ3) is 2.79. The summed E-state index contributed by atoms with van der Waals surface area (Å²) in [5.74, 6) is -0.565. The van der Waals surface area contributed by atoms with E-state index in [4.69, 9.17) is 10.5 Å². The molecule has 2 unspecified atom stereocenters. The minimum Gasteiger partial charge on any atom is -0.468 e. The number of hydrazine groups is 1. The van der Waals surface area contributed by atoms with E-state index in [-0.39, 0.29) is 17.3 Å². The van der Waals surface area contributed by atoms with Gasteiger partial charge in [-0.25, -0.2) is 10.4 Å². The van der Waals surface area contributed by atoms with Crippen LogP contribution in [0.5, 0.6) is 0 Å². The lowest BCUT2D eigenvalue weighted by molar-refractivity contribution is -0.143. The van der Waals surface area contributed by atoms with Gasteiger partial charge in [0.05, 0.1) is 18.4 Å². The number of carbonyl (C=O) groups excluding carboxylic acids is 1. The number of ether oxygens (including phenoxy) is 1. The molecule has 1 aromatic carbocycles. The first-order valence-corrected chi connectivity index (χ1v) is 8.47. The van der Waals surface area contributed by atoms with Gasteiger partial charge in [-0.1, -0.05) is 18.2 Å². The number of H-pyrrole nitrogens is 1. The molecular weight excluding hydrogens is 344 g/mol. The molecular formula is C19H18N6O2. The molecule has 1 aliphatic heterocycles. The van der Waals surface area contributed by atoms with Gasteiger partial charge in [0.15, 0.2) is 0 Å². The third-order valence-corrected chi connectivity index (χ3v) is 4.89. The number of pyridine rings is 1. The first kappa shape index (κ1) is 17.0. The Balaban J connectivity index is 1.87. The maximum Gasteiger partial charge on any atom is 0.324 e. The Kier molecular flexibility index (Phi) is 4.24. The first-order valence-electron chi connectivity index (χ1n) is 8.47. The molecule has 0 amide bonds. The molecule has 0 bridgehead atoms. The Morgan fingerprint density at radius 2 is 2.22 bits per heavy atom. The Bertz CT molecular complexity index is 1070. The SMILES string of the molecule is COC(=O)C1NNCC1c1cc(-c2c[nH]c3ccccc23)nc(N)c1C#N. The minimum absolute atomic E-state index is 0.144. The second-order valence-corrected chi connectivity index (χ2v) is 6.35. The quantitative estimate of drug-likeness (QED) is 0.519. The van der Waals surface area contributed by atoms with Crippen molar-refractivity contribution < 1.29 is 9.53 Å². The maximum absolute atomic E-state index is 12.1. The summed E-state index contributed by atoms with van der Waals surface area (Å²) >= 11 is 0. The molecule has 5 N–H and O–H groups in total. The fourth-order valence-electron chi connectivity index (χ4n) is 3.56. The van der Waals surface area contributed by atoms with E-state index in [1.165, 1.54) is 7.11 Å². The Morgan fingerprint density at radius 3 is 3.00 bits per heavy atom. The number of nitriles is 1. The molecule has 4 rings (SSSR count). The van der Waals surface area contributed by atoms with Crippen molar-refractivity contribution in [3.63, 3.8) is 0 Å². The zero-order valence-electron chi connectivity index (χ0n) is 14.6. The summed E-state index contributed by atoms with van der Waals surface area (Å²) in [6.45, 7) is 0.464. The highest BCUT2D eigenvalue weighted by molar-refractivity contribution is 5.95. The van der Waals surface area contributed by atoms with Gasteiger partial charge in [0.1, 0.15) is 17.9 Å². The summed E-state index contributed by atoms with van der Waals surface area (Å²) in [6, 6.07) is 11.2. The molecule has 0 saturated carbocycles. The maximum atomic E-state index is 12.1. The van der Waals surface area contributed by atoms with Crippen molar-refractivity contribution >= 4 is 22.7 Å². The van der Waals surface area contributed by atoms with Gasteiger partial charge in [-0.3, -0.25) is 10.2 Å². The Morgan fingerprint density at radius 1 is 1.41 bits per heavy atom. The van der Waals surface area contributed by atoms with E-state index >= 15 is 0 Å². The molecule has 3 heterocycles. The Labute approximate surface area is 155 Å². The first-order chi connectivity index (χ1) is 13.1. The van der Waals surface area contributed by atoms with Crippen LogP contribution in [0.3, 0.4) is 0 Å². The van der Waals surface area contributed by atoms with Crippen LogP contribution in [-0.4, -0.2) is 35.6 Å². The van der Waals surface area contributed by atoms with E-state index in [0.717, 1.165) is 16.5 Å². The number of anilines is 1. The summed E-state index contributed by atoms with van der Waals surface area (Å²) in [4.78, 5) is 19.8. The number of nitrogen functional groups attached to an aromatic ring is 1. The van der Waals surface area contributed by atoms with E-state index in [2.05, 4.69) is 26.9 Å². The summed E-state index contributed by atoms with van der Waals surface area (Å²) in [5.41, 5.74) is 15.4. The van der Waals surface area contributed by atoms with Crippen LogP contribution in [0.1, 0.15) is 17.0 Å². The van der Waals surface area contributed by atoms with Gasteiger partial charge in [-0.2, -0.15) is 5.26 Å². The molecule has 1 saturated heterocycles. The van der Waals surface area contributed by atoms with Gasteiger partial charge in [0, 0.05) is 35.1 Å². The van der Waals surface area contributed by atoms with Gasteiger partial charge in [-0.15, -0.1) is 0 Å². The average Bonchev–Trinajstić information content (AvgIpc) is 3.34. The molecule has 1 fully saturated rings. The highest BCUT2D eigenvalue weighted by atomic mass is 16.5. The standard InChI is InChI=1S/C19H18N6O2/c1-27-19(26)17-14(9-23-25-17)11-6-16(24-18(21)12(11)7-20)13-8-22-15-5-3-2-4-10(13)15/h2-6,8,14,17,22-23,25H,9H2,1H3,(H2,21,24). The number of benzene rings is 1. The number of para-hydroxylation sites is 1. The number of aromatic nitrogens is 2. The lowest BCUT2D eigenvalue weighted by Gasteiger charge is -2.19. The van der Waals surface area contributed by atoms with Gasteiger partial charge in [0.25, 0.3) is 0 Å². The molecule has 3 aromatic rings. The summed E-state index contributed by atoms with van der Waals surface area (Å²) in [7, 11) is 1.34. The van der Waals surface area contributed by atoms with Crippen LogP contribution in [0.15, 0.2) is 36.5 Å². The molecule has 0 aliphatic carbocycles. The molecule has 2 aromatic heterocycles. The molecule has 2 atom stereocenters. The minimum atomic E-state index is -0.611. The lowest BCUT2D eigenvalue weighted by atomic mass is 9.89. The molecule has 0 spiro atoms. The highest BCUT2D eigenvalue weighted by Crippen LogP contribution is 2.34. The fourth-order valence-corrected chi connectivity index (χ4v) is 3.56. The lowest BCUT2D eigenvalue weighted by Crippen LogP contribution is -2.39. The van der Waals surface area contributed by atoms with Crippen molar-refractivity contribution in [3.8, 4) is 17.3 Å². The number of nitrogens with zero attached hydrogens (tertiary/aromatic N) is 2. The summed E-state index contributed by atoms with van der Waals surface area (Å²) < 4.78 is 4.87. The number of nitrogens with one attached hydrogen (secondary N) is 3. The predicted octanol–water partition coefficient (Wildman–Crippen LogP) is 1.42. The average molecular weight is 362 g/mol. The molecule has 136 valence electrons. The van der Waals surface area contributed by atoms with Gasteiger partial charge in [-0.05, 0) is 17.7 Å². The second-order valence-electron chi connectivity index (χ2n) is 6.35. The topological polar surface area (TPSA) is 129 Å². The number of hydrogen-bond acceptors (Lipinski definition) is 7. The number of rotatable bonds is 3. The van der Waals surface area contributed by atoms with E-state index in [9.17, 15) is 10.1 Å². The van der Waals surface area contributed by atoms with Crippen LogP contribution in [0.25, 0.3) is 22.2 Å². The van der Waals surface area contributed by atoms with Crippen LogP contribution in [0.4, 0.5) is 5.82 Å². The summed E-state index contributed by atoms with van der Waals surface area (Å²) in [5, 5.41) is 10.6. The zero-order chi connectivity index (χ0) is 19.0. The monoisotopic (exact) mass is 362 g/mol. The van der Waals surface area contributed by atoms with Crippen LogP contribution in [0, 0.1) is 11.3 Å². The van der Waals surface area contributed by atoms with E-state index in [1.54, 1.807) is 0 Å². The molecule has 8 nitrogen and oxygen atoms in total. The van der Waals surface area contributed by atoms with Crippen molar-refractivity contribution in [2.75, 3.05) is 19.4 Å². The number of nitrogens with two attached hydrogens (primary N) is 1. The number of hydrogen-bond donors (Lipinski definition) is 4. The van der Waals surface area contributed by atoms with Crippen LogP contribution in [-0.2, 0) is 9.53 Å². The van der Waals surface area contributed by atoms with E-state index < -0.39 is 12.0 Å². The highest BCUT2D eigenvalue weighted by Gasteiger charge is 2.37. The fraction of sp³-hybridized carbons (Fsp3) is 0.211. The summed E-state index contributed by atoms with van der Waals surface area (Å²) in [6.07, 6.45) is 1.87. The predicted molar refractivity (Wildman–Crippen MR) is 100 cm³/mol. The number of aromatic amines is 1. The number of carbonyl (C=O) groups is 1. The number of esters is 1. The zero-order valence-corrected chi connectivity index (χ0v) is 14.6. The second kappa shape index (κ2) is 6.72. The van der Waals surface area contributed by atoms with Gasteiger partial charge < -0.3 is 15.5 Å². The van der Waals surface area contributed by atoms with Crippen molar-refractivity contribution in [2.45, 2.75) is 12.0 Å². The van der Waals surface area contributed by atoms with Crippen molar-refractivity contribution in [1.29, 1.82) is 5.26 Å². The number of methoxy groups -OCH3 is 1. The molecule has 1 aliphatic rings. The molecule has 0 radical (unpaired) electrons.